The molecule has 2 saturated carbocycles. The van der Waals surface area contributed by atoms with Crippen LogP contribution in [0.5, 0.6) is 0 Å². The summed E-state index contributed by atoms with van der Waals surface area (Å²) >= 11 is 8.98. The van der Waals surface area contributed by atoms with Crippen molar-refractivity contribution in [1.82, 2.24) is 19.9 Å². The molecule has 0 aromatic carbocycles. The van der Waals surface area contributed by atoms with E-state index in [1.54, 1.807) is 48.9 Å². The Kier molecular flexibility index (Phi) is 10.5. The van der Waals surface area contributed by atoms with Crippen molar-refractivity contribution in [3.05, 3.63) is 91.8 Å². The Morgan fingerprint density at radius 1 is 0.829 bits per heavy atom. The SMILES string of the molecule is CCOC(=O)c1cnc(CC2(c3cccs3)CC2)nc1.CCOC(=O)c1cnc(Cl)nc1.NC1(c2cccs2)CC1. The van der Waals surface area contributed by atoms with Crippen LogP contribution < -0.4 is 5.73 Å². The zero-order valence-electron chi connectivity index (χ0n) is 22.9. The van der Waals surface area contributed by atoms with E-state index < -0.39 is 5.97 Å². The minimum Gasteiger partial charge on any atom is -0.462 e. The van der Waals surface area contributed by atoms with Gasteiger partial charge in [-0.1, -0.05) is 12.1 Å². The number of ether oxygens (including phenoxy) is 2. The lowest BCUT2D eigenvalue weighted by molar-refractivity contribution is 0.0515. The van der Waals surface area contributed by atoms with Gasteiger partial charge in [0.2, 0.25) is 5.28 Å². The Labute approximate surface area is 252 Å². The zero-order chi connectivity index (χ0) is 29.3. The van der Waals surface area contributed by atoms with Gasteiger partial charge in [-0.2, -0.15) is 0 Å². The van der Waals surface area contributed by atoms with E-state index in [4.69, 9.17) is 26.8 Å². The first kappa shape index (κ1) is 30.7. The molecule has 0 aliphatic heterocycles. The number of halogens is 1. The van der Waals surface area contributed by atoms with Crippen LogP contribution in [0.2, 0.25) is 5.28 Å². The lowest BCUT2D eigenvalue weighted by atomic mass is 10.00. The second-order valence-electron chi connectivity index (χ2n) is 9.64. The fourth-order valence-electron chi connectivity index (χ4n) is 3.89. The van der Waals surface area contributed by atoms with Crippen LogP contribution in [0.3, 0.4) is 0 Å². The molecule has 2 aliphatic rings. The molecule has 4 heterocycles. The standard InChI is InChI=1S/C15H16N2O2S.C7H7ClN2O2.C7H9NS/c1-2-19-14(18)11-9-16-13(17-10-11)8-15(5-6-15)12-4-3-7-20-12;1-2-12-6(11)5-3-9-7(8)10-4-5;8-7(3-4-7)6-2-1-5-9-6/h3-4,7,9-10H,2,5-6,8H2,1H3;3-4H,2H2,1H3;1-2,5H,3-4,8H2. The van der Waals surface area contributed by atoms with Crippen LogP contribution in [0.4, 0.5) is 0 Å². The normalized spacial score (nSPS) is 15.3. The Morgan fingerprint density at radius 3 is 1.73 bits per heavy atom. The highest BCUT2D eigenvalue weighted by atomic mass is 35.5. The molecule has 0 spiro atoms. The summed E-state index contributed by atoms with van der Waals surface area (Å²) in [5, 5.41) is 4.31. The van der Waals surface area contributed by atoms with E-state index in [-0.39, 0.29) is 22.2 Å². The van der Waals surface area contributed by atoms with Crippen LogP contribution in [0.1, 0.15) is 75.8 Å². The fourth-order valence-corrected chi connectivity index (χ4v) is 5.87. The Balaban J connectivity index is 0.000000156. The minimum absolute atomic E-state index is 0.0914. The van der Waals surface area contributed by atoms with Gasteiger partial charge in [0.15, 0.2) is 0 Å². The first-order valence-electron chi connectivity index (χ1n) is 13.3. The molecule has 9 nitrogen and oxygen atoms in total. The van der Waals surface area contributed by atoms with Crippen LogP contribution in [0.25, 0.3) is 0 Å². The van der Waals surface area contributed by atoms with Crippen molar-refractivity contribution >= 4 is 46.2 Å². The van der Waals surface area contributed by atoms with Crippen LogP contribution >= 0.6 is 34.3 Å². The van der Waals surface area contributed by atoms with Gasteiger partial charge in [0.05, 0.1) is 29.9 Å². The van der Waals surface area contributed by atoms with Gasteiger partial charge >= 0.3 is 11.9 Å². The van der Waals surface area contributed by atoms with Crippen molar-refractivity contribution < 1.29 is 19.1 Å². The molecule has 41 heavy (non-hydrogen) atoms. The molecule has 2 N–H and O–H groups in total. The molecule has 0 atom stereocenters. The van der Waals surface area contributed by atoms with Crippen LogP contribution in [0, 0.1) is 0 Å². The average Bonchev–Trinajstić information content (AvgIpc) is 3.72. The number of nitrogens with zero attached hydrogens (tertiary/aromatic N) is 4. The molecule has 0 amide bonds. The third-order valence-electron chi connectivity index (χ3n) is 6.54. The third-order valence-corrected chi connectivity index (χ3v) is 8.94. The van der Waals surface area contributed by atoms with Gasteiger partial charge in [-0.15, -0.1) is 22.7 Å². The fraction of sp³-hybridized carbons (Fsp3) is 0.379. The number of nitrogens with two attached hydrogens (primary N) is 1. The number of hydrogen-bond donors (Lipinski definition) is 1. The van der Waals surface area contributed by atoms with Crippen molar-refractivity contribution in [2.75, 3.05) is 13.2 Å². The van der Waals surface area contributed by atoms with Gasteiger partial charge < -0.3 is 15.2 Å². The first-order valence-corrected chi connectivity index (χ1v) is 15.4. The highest BCUT2D eigenvalue weighted by Crippen LogP contribution is 2.51. The maximum absolute atomic E-state index is 11.5. The summed E-state index contributed by atoms with van der Waals surface area (Å²) in [6.45, 7) is 4.21. The summed E-state index contributed by atoms with van der Waals surface area (Å²) in [6, 6.07) is 8.46. The van der Waals surface area contributed by atoms with E-state index in [1.165, 1.54) is 47.8 Å². The monoisotopic (exact) mass is 613 g/mol. The van der Waals surface area contributed by atoms with Crippen molar-refractivity contribution in [2.45, 2.75) is 56.9 Å². The molecule has 2 fully saturated rings. The summed E-state index contributed by atoms with van der Waals surface area (Å²) < 4.78 is 9.63. The number of carbonyl (C=O) groups is 2. The summed E-state index contributed by atoms with van der Waals surface area (Å²) in [4.78, 5) is 41.2. The first-order chi connectivity index (χ1) is 19.8. The maximum atomic E-state index is 11.5. The second-order valence-corrected chi connectivity index (χ2v) is 11.9. The minimum atomic E-state index is -0.436. The van der Waals surface area contributed by atoms with E-state index in [1.807, 2.05) is 0 Å². The molecule has 4 aromatic rings. The number of esters is 2. The maximum Gasteiger partial charge on any atom is 0.341 e. The lowest BCUT2D eigenvalue weighted by Gasteiger charge is -2.11. The second kappa shape index (κ2) is 14.1. The van der Waals surface area contributed by atoms with E-state index >= 15 is 0 Å². The van der Waals surface area contributed by atoms with Crippen LogP contribution in [-0.4, -0.2) is 45.1 Å². The number of hydrogen-bond acceptors (Lipinski definition) is 11. The predicted octanol–water partition coefficient (Wildman–Crippen LogP) is 5.99. The van der Waals surface area contributed by atoms with Crippen molar-refractivity contribution in [3.8, 4) is 0 Å². The van der Waals surface area contributed by atoms with Gasteiger partial charge in [0.1, 0.15) is 5.82 Å². The highest BCUT2D eigenvalue weighted by Gasteiger charge is 2.45. The van der Waals surface area contributed by atoms with Crippen molar-refractivity contribution in [3.63, 3.8) is 0 Å². The van der Waals surface area contributed by atoms with Crippen molar-refractivity contribution in [1.29, 1.82) is 0 Å². The summed E-state index contributed by atoms with van der Waals surface area (Å²) in [5.74, 6) is -0.00319. The van der Waals surface area contributed by atoms with Crippen molar-refractivity contribution in [2.24, 2.45) is 5.73 Å². The smallest absolute Gasteiger partial charge is 0.341 e. The third kappa shape index (κ3) is 8.62. The van der Waals surface area contributed by atoms with E-state index in [9.17, 15) is 9.59 Å². The van der Waals surface area contributed by atoms with Gasteiger partial charge in [0.25, 0.3) is 0 Å². The number of carbonyl (C=O) groups excluding carboxylic acids is 2. The van der Waals surface area contributed by atoms with Gasteiger partial charge in [-0.05, 0) is 74.0 Å². The van der Waals surface area contributed by atoms with E-state index in [2.05, 4.69) is 55.0 Å². The molecule has 0 bridgehead atoms. The van der Waals surface area contributed by atoms with Gasteiger partial charge in [0, 0.05) is 46.4 Å². The molecule has 6 rings (SSSR count). The Hall–Kier alpha value is -3.25. The van der Waals surface area contributed by atoms with Gasteiger partial charge in [-0.3, -0.25) is 0 Å². The molecule has 12 heteroatoms. The average molecular weight is 614 g/mol. The highest BCUT2D eigenvalue weighted by molar-refractivity contribution is 7.10. The molecule has 0 radical (unpaired) electrons. The van der Waals surface area contributed by atoms with E-state index in [0.29, 0.717) is 24.3 Å². The quantitative estimate of drug-likeness (QED) is 0.188. The number of aromatic nitrogens is 4. The molecule has 2 aliphatic carbocycles. The zero-order valence-corrected chi connectivity index (χ0v) is 25.3. The molecular weight excluding hydrogens is 582 g/mol. The topological polar surface area (TPSA) is 130 Å². The molecule has 0 unspecified atom stereocenters. The summed E-state index contributed by atoms with van der Waals surface area (Å²) in [7, 11) is 0. The predicted molar refractivity (Wildman–Crippen MR) is 159 cm³/mol. The molecule has 4 aromatic heterocycles. The largest absolute Gasteiger partial charge is 0.462 e. The Bertz CT molecular complexity index is 1390. The van der Waals surface area contributed by atoms with Gasteiger partial charge in [-0.25, -0.2) is 29.5 Å². The summed E-state index contributed by atoms with van der Waals surface area (Å²) in [5.41, 5.74) is 6.97. The lowest BCUT2D eigenvalue weighted by Crippen LogP contribution is -2.16. The molecular formula is C29H32ClN5O4S2. The van der Waals surface area contributed by atoms with Crippen LogP contribution in [0.15, 0.2) is 59.8 Å². The number of thiophene rings is 2. The van der Waals surface area contributed by atoms with Crippen LogP contribution in [-0.2, 0) is 26.8 Å². The Morgan fingerprint density at radius 2 is 1.32 bits per heavy atom. The molecule has 0 saturated heterocycles. The summed E-state index contributed by atoms with van der Waals surface area (Å²) in [6.07, 6.45) is 11.3. The van der Waals surface area contributed by atoms with E-state index in [0.717, 1.165) is 12.2 Å². The number of rotatable bonds is 8. The molecule has 216 valence electrons.